The van der Waals surface area contributed by atoms with Crippen molar-refractivity contribution in [3.05, 3.63) is 41.0 Å². The number of carbonyl (C=O) groups excluding carboxylic acids is 1. The van der Waals surface area contributed by atoms with Crippen LogP contribution in [-0.4, -0.2) is 64.2 Å². The molecule has 1 amide bonds. The largest absolute Gasteiger partial charge is 0.481 e. The Morgan fingerprint density at radius 2 is 1.74 bits per heavy atom. The highest BCUT2D eigenvalue weighted by Crippen LogP contribution is 2.42. The molecule has 210 valence electrons. The fourth-order valence-electron chi connectivity index (χ4n) is 6.09. The number of carboxylic acids is 1. The summed E-state index contributed by atoms with van der Waals surface area (Å²) < 4.78 is 56.7. The number of carboxylic acid groups (broad SMARTS) is 1. The lowest BCUT2D eigenvalue weighted by Crippen LogP contribution is -2.53. The summed E-state index contributed by atoms with van der Waals surface area (Å²) in [5.41, 5.74) is -0.885. The molecular formula is C29H38F4N2O3. The highest BCUT2D eigenvalue weighted by molar-refractivity contribution is 5.86. The minimum Gasteiger partial charge on any atom is -0.481 e. The molecule has 0 aromatic heterocycles. The van der Waals surface area contributed by atoms with E-state index < -0.39 is 41.1 Å². The Bertz CT molecular complexity index is 1100. The van der Waals surface area contributed by atoms with Crippen molar-refractivity contribution in [3.8, 4) is 0 Å². The normalized spacial score (nSPS) is 27.9. The lowest BCUT2D eigenvalue weighted by Gasteiger charge is -2.38. The van der Waals surface area contributed by atoms with Gasteiger partial charge in [0.2, 0.25) is 5.67 Å². The van der Waals surface area contributed by atoms with E-state index in [1.54, 1.807) is 17.9 Å². The third kappa shape index (κ3) is 5.63. The second-order valence-electron chi connectivity index (χ2n) is 12.2. The number of nitrogens with zero attached hydrogens (tertiary/aromatic N) is 2. The van der Waals surface area contributed by atoms with E-state index >= 15 is 4.39 Å². The van der Waals surface area contributed by atoms with Gasteiger partial charge in [0.05, 0.1) is 11.5 Å². The van der Waals surface area contributed by atoms with Crippen molar-refractivity contribution in [2.24, 2.45) is 11.8 Å². The van der Waals surface area contributed by atoms with Crippen LogP contribution in [0.5, 0.6) is 0 Å². The number of piperidine rings is 1. The van der Waals surface area contributed by atoms with E-state index in [2.05, 4.69) is 0 Å². The van der Waals surface area contributed by atoms with Crippen LogP contribution in [0.2, 0.25) is 0 Å². The number of amides is 1. The number of hydrogen-bond donors (Lipinski definition) is 1. The van der Waals surface area contributed by atoms with Crippen molar-refractivity contribution in [2.75, 3.05) is 26.2 Å². The first-order valence-electron chi connectivity index (χ1n) is 13.5. The molecule has 0 bridgehead atoms. The first-order valence-corrected chi connectivity index (χ1v) is 13.5. The molecular weight excluding hydrogens is 500 g/mol. The fourth-order valence-corrected chi connectivity index (χ4v) is 6.09. The van der Waals surface area contributed by atoms with Crippen molar-refractivity contribution in [1.82, 2.24) is 9.80 Å². The second kappa shape index (κ2) is 10.3. The smallest absolute Gasteiger partial charge is 0.416 e. The Morgan fingerprint density at radius 1 is 1.08 bits per heavy atom. The average Bonchev–Trinajstić information content (AvgIpc) is 3.18. The Kier molecular flexibility index (Phi) is 7.73. The molecule has 9 heteroatoms. The molecule has 2 saturated heterocycles. The Hall–Kier alpha value is -2.42. The van der Waals surface area contributed by atoms with Crippen LogP contribution in [0.1, 0.15) is 82.4 Å². The summed E-state index contributed by atoms with van der Waals surface area (Å²) in [4.78, 5) is 28.3. The summed E-state index contributed by atoms with van der Waals surface area (Å²) in [6.45, 7) is 9.06. The zero-order chi connectivity index (χ0) is 28.0. The molecule has 0 saturated carbocycles. The number of allylic oxidation sites excluding steroid dienone is 2. The number of hydrogen-bond acceptors (Lipinski definition) is 3. The maximum atomic E-state index is 16.0. The van der Waals surface area contributed by atoms with E-state index in [9.17, 15) is 27.9 Å². The molecule has 3 aliphatic rings. The lowest BCUT2D eigenvalue weighted by molar-refractivity contribution is -0.147. The summed E-state index contributed by atoms with van der Waals surface area (Å²) in [5.74, 6) is -2.41. The predicted molar refractivity (Wildman–Crippen MR) is 137 cm³/mol. The Morgan fingerprint density at radius 3 is 2.24 bits per heavy atom. The van der Waals surface area contributed by atoms with Gasteiger partial charge in [0, 0.05) is 37.6 Å². The van der Waals surface area contributed by atoms with E-state index in [1.807, 2.05) is 25.7 Å². The van der Waals surface area contributed by atoms with Gasteiger partial charge in [-0.05, 0) is 87.6 Å². The van der Waals surface area contributed by atoms with Gasteiger partial charge < -0.3 is 10.0 Å². The van der Waals surface area contributed by atoms with Crippen LogP contribution < -0.4 is 0 Å². The van der Waals surface area contributed by atoms with Crippen LogP contribution in [0.4, 0.5) is 17.6 Å². The van der Waals surface area contributed by atoms with Gasteiger partial charge in [-0.1, -0.05) is 19.1 Å². The SMILES string of the molecule is C[C@@H]1CN(C(C)(C)C)C[C@@]1(F)C(=O)N1CCC(c2ccc(C(F)(F)F)cc2C2=CCC(C(=O)O)CC2)CC1. The molecule has 1 aromatic rings. The number of halogens is 4. The van der Waals surface area contributed by atoms with Gasteiger partial charge in [0.15, 0.2) is 0 Å². The average molecular weight is 539 g/mol. The van der Waals surface area contributed by atoms with Gasteiger partial charge >= 0.3 is 12.1 Å². The molecule has 2 aliphatic heterocycles. The standard InChI is InChI=1S/C29H38F4N2O3/c1-18-16-35(27(2,3)4)17-28(18,30)26(38)34-13-11-20(12-14-34)23-10-9-22(29(31,32)33)15-24(23)19-5-7-21(8-6-19)25(36)37/h5,9-10,15,18,20-21H,6-8,11-14,16-17H2,1-4H3,(H,36,37)/t18-,21?,28+/m1/s1. The first kappa shape index (κ1) is 28.6. The third-order valence-corrected chi connectivity index (χ3v) is 8.71. The van der Waals surface area contributed by atoms with Crippen LogP contribution in [0, 0.1) is 11.8 Å². The number of rotatable bonds is 4. The number of aliphatic carboxylic acids is 1. The van der Waals surface area contributed by atoms with Gasteiger partial charge in [0.1, 0.15) is 0 Å². The maximum absolute atomic E-state index is 16.0. The summed E-state index contributed by atoms with van der Waals surface area (Å²) >= 11 is 0. The van der Waals surface area contributed by atoms with Crippen molar-refractivity contribution in [3.63, 3.8) is 0 Å². The molecule has 1 unspecified atom stereocenters. The van der Waals surface area contributed by atoms with E-state index in [4.69, 9.17) is 0 Å². The highest BCUT2D eigenvalue weighted by atomic mass is 19.4. The van der Waals surface area contributed by atoms with E-state index in [0.29, 0.717) is 50.9 Å². The monoisotopic (exact) mass is 538 g/mol. The number of benzene rings is 1. The minimum absolute atomic E-state index is 0.0605. The fraction of sp³-hybridized carbons (Fsp3) is 0.655. The molecule has 2 heterocycles. The number of likely N-dealkylation sites (tertiary alicyclic amines) is 2. The minimum atomic E-state index is -4.49. The molecule has 1 N–H and O–H groups in total. The van der Waals surface area contributed by atoms with E-state index in [-0.39, 0.29) is 24.4 Å². The quantitative estimate of drug-likeness (QED) is 0.468. The van der Waals surface area contributed by atoms with Crippen LogP contribution >= 0.6 is 0 Å². The molecule has 0 radical (unpaired) electrons. The number of carbonyl (C=O) groups is 2. The van der Waals surface area contributed by atoms with Gasteiger partial charge in [-0.25, -0.2) is 4.39 Å². The molecule has 3 atom stereocenters. The summed E-state index contributed by atoms with van der Waals surface area (Å²) in [6.07, 6.45) is -0.604. The second-order valence-corrected chi connectivity index (χ2v) is 12.2. The van der Waals surface area contributed by atoms with Crippen LogP contribution in [0.25, 0.3) is 5.57 Å². The third-order valence-electron chi connectivity index (χ3n) is 8.71. The summed E-state index contributed by atoms with van der Waals surface area (Å²) in [5, 5.41) is 9.30. The lowest BCUT2D eigenvalue weighted by atomic mass is 9.79. The summed E-state index contributed by atoms with van der Waals surface area (Å²) in [7, 11) is 0. The molecule has 38 heavy (non-hydrogen) atoms. The first-order chi connectivity index (χ1) is 17.6. The van der Waals surface area contributed by atoms with Gasteiger partial charge in [-0.3, -0.25) is 14.5 Å². The molecule has 0 spiro atoms. The molecule has 1 aromatic carbocycles. The molecule has 4 rings (SSSR count). The Labute approximate surface area is 221 Å². The van der Waals surface area contributed by atoms with Crippen LogP contribution in [-0.2, 0) is 15.8 Å². The van der Waals surface area contributed by atoms with Crippen molar-refractivity contribution >= 4 is 17.4 Å². The van der Waals surface area contributed by atoms with Gasteiger partial charge in [-0.2, -0.15) is 13.2 Å². The van der Waals surface area contributed by atoms with E-state index in [1.165, 1.54) is 12.1 Å². The number of alkyl halides is 4. The zero-order valence-corrected chi connectivity index (χ0v) is 22.6. The van der Waals surface area contributed by atoms with Crippen LogP contribution in [0.3, 0.4) is 0 Å². The summed E-state index contributed by atoms with van der Waals surface area (Å²) in [6, 6.07) is 3.80. The maximum Gasteiger partial charge on any atom is 0.416 e. The molecule has 2 fully saturated rings. The zero-order valence-electron chi connectivity index (χ0n) is 22.6. The topological polar surface area (TPSA) is 60.9 Å². The van der Waals surface area contributed by atoms with Gasteiger partial charge in [-0.15, -0.1) is 0 Å². The van der Waals surface area contributed by atoms with Crippen molar-refractivity contribution < 1.29 is 32.3 Å². The van der Waals surface area contributed by atoms with Crippen LogP contribution in [0.15, 0.2) is 24.3 Å². The van der Waals surface area contributed by atoms with Gasteiger partial charge in [0.25, 0.3) is 5.91 Å². The van der Waals surface area contributed by atoms with Crippen molar-refractivity contribution in [2.45, 2.75) is 83.1 Å². The molecule has 1 aliphatic carbocycles. The predicted octanol–water partition coefficient (Wildman–Crippen LogP) is 6.14. The van der Waals surface area contributed by atoms with E-state index in [0.717, 1.165) is 17.2 Å². The van der Waals surface area contributed by atoms with Crippen molar-refractivity contribution in [1.29, 1.82) is 0 Å². The Balaban J connectivity index is 1.52. The highest BCUT2D eigenvalue weighted by Gasteiger charge is 2.54. The molecule has 5 nitrogen and oxygen atoms in total.